The molecule has 0 bridgehead atoms. The molecule has 2 aromatic rings. The number of rotatable bonds is 5. The third-order valence-electron chi connectivity index (χ3n) is 3.59. The quantitative estimate of drug-likeness (QED) is 0.624. The molecule has 0 saturated heterocycles. The molecular weight excluding hydrogens is 296 g/mol. The fraction of sp³-hybridized carbons (Fsp3) is 0.278. The van der Waals surface area contributed by atoms with E-state index in [9.17, 15) is 4.79 Å². The summed E-state index contributed by atoms with van der Waals surface area (Å²) < 4.78 is 21.1. The largest absolute Gasteiger partial charge is 0.493 e. The lowest BCUT2D eigenvalue weighted by Crippen LogP contribution is -2.10. The van der Waals surface area contributed by atoms with Crippen molar-refractivity contribution in [1.29, 1.82) is 0 Å². The zero-order valence-electron chi connectivity index (χ0n) is 13.9. The molecule has 0 fully saturated rings. The molecule has 0 spiro atoms. The molecule has 5 heteroatoms. The highest BCUT2D eigenvalue weighted by atomic mass is 16.5. The third-order valence-corrected chi connectivity index (χ3v) is 3.59. The minimum atomic E-state index is -0.493. The Morgan fingerprint density at radius 2 is 1.43 bits per heavy atom. The lowest BCUT2D eigenvalue weighted by atomic mass is 10.1. The van der Waals surface area contributed by atoms with Crippen LogP contribution in [0.15, 0.2) is 30.3 Å². The lowest BCUT2D eigenvalue weighted by Gasteiger charge is -2.14. The molecule has 0 aliphatic carbocycles. The van der Waals surface area contributed by atoms with Crippen molar-refractivity contribution < 1.29 is 23.7 Å². The number of carbonyl (C=O) groups excluding carboxylic acids is 1. The maximum atomic E-state index is 12.4. The van der Waals surface area contributed by atoms with Crippen LogP contribution in [-0.4, -0.2) is 27.3 Å². The van der Waals surface area contributed by atoms with Crippen LogP contribution in [0.4, 0.5) is 0 Å². The Bertz CT molecular complexity index is 696. The van der Waals surface area contributed by atoms with Gasteiger partial charge in [0.1, 0.15) is 5.75 Å². The molecule has 0 unspecified atom stereocenters. The van der Waals surface area contributed by atoms with E-state index in [1.165, 1.54) is 21.3 Å². The lowest BCUT2D eigenvalue weighted by molar-refractivity contribution is 0.0733. The van der Waals surface area contributed by atoms with Crippen LogP contribution < -0.4 is 18.9 Å². The van der Waals surface area contributed by atoms with Gasteiger partial charge in [0.05, 0.1) is 26.9 Å². The van der Waals surface area contributed by atoms with Crippen molar-refractivity contribution in [3.05, 3.63) is 47.0 Å². The number of benzene rings is 2. The molecule has 0 aliphatic heterocycles. The molecule has 0 saturated carbocycles. The Morgan fingerprint density at radius 1 is 0.826 bits per heavy atom. The molecule has 23 heavy (non-hydrogen) atoms. The van der Waals surface area contributed by atoms with E-state index in [4.69, 9.17) is 18.9 Å². The average Bonchev–Trinajstić information content (AvgIpc) is 2.56. The Balaban J connectivity index is 2.33. The summed E-state index contributed by atoms with van der Waals surface area (Å²) in [6.45, 7) is 3.96. The van der Waals surface area contributed by atoms with Gasteiger partial charge in [-0.25, -0.2) is 4.79 Å². The first-order valence-corrected chi connectivity index (χ1v) is 7.09. The summed E-state index contributed by atoms with van der Waals surface area (Å²) in [4.78, 5) is 12.4. The van der Waals surface area contributed by atoms with Crippen LogP contribution in [-0.2, 0) is 0 Å². The van der Waals surface area contributed by atoms with Crippen LogP contribution in [0.2, 0.25) is 0 Å². The Kier molecular flexibility index (Phi) is 5.11. The van der Waals surface area contributed by atoms with Gasteiger partial charge in [-0.15, -0.1) is 0 Å². The minimum absolute atomic E-state index is 0.317. The van der Waals surface area contributed by atoms with E-state index in [1.807, 2.05) is 26.0 Å². The van der Waals surface area contributed by atoms with Crippen LogP contribution >= 0.6 is 0 Å². The highest BCUT2D eigenvalue weighted by Gasteiger charge is 2.18. The highest BCUT2D eigenvalue weighted by Crippen LogP contribution is 2.38. The zero-order valence-corrected chi connectivity index (χ0v) is 13.9. The monoisotopic (exact) mass is 316 g/mol. The van der Waals surface area contributed by atoms with Gasteiger partial charge in [-0.1, -0.05) is 6.07 Å². The molecule has 0 aromatic heterocycles. The van der Waals surface area contributed by atoms with Crippen molar-refractivity contribution in [3.63, 3.8) is 0 Å². The Labute approximate surface area is 135 Å². The predicted octanol–water partition coefficient (Wildman–Crippen LogP) is 3.55. The highest BCUT2D eigenvalue weighted by molar-refractivity contribution is 5.92. The van der Waals surface area contributed by atoms with Crippen LogP contribution in [0.3, 0.4) is 0 Å². The average molecular weight is 316 g/mol. The number of esters is 1. The standard InChI is InChI=1S/C18H20O5/c1-11-6-7-14(8-12(11)2)23-18(19)13-9-15(20-3)17(22-5)16(10-13)21-4/h6-10H,1-5H3. The van der Waals surface area contributed by atoms with Crippen LogP contribution in [0.5, 0.6) is 23.0 Å². The molecule has 0 radical (unpaired) electrons. The Hall–Kier alpha value is -2.69. The summed E-state index contributed by atoms with van der Waals surface area (Å²) in [5.41, 5.74) is 2.51. The first-order chi connectivity index (χ1) is 11.0. The van der Waals surface area contributed by atoms with Crippen molar-refractivity contribution in [2.24, 2.45) is 0 Å². The molecule has 122 valence electrons. The zero-order chi connectivity index (χ0) is 17.0. The molecule has 0 aliphatic rings. The first-order valence-electron chi connectivity index (χ1n) is 7.09. The summed E-state index contributed by atoms with van der Waals surface area (Å²) in [5.74, 6) is 1.23. The fourth-order valence-corrected chi connectivity index (χ4v) is 2.14. The van der Waals surface area contributed by atoms with Gasteiger partial charge in [0.2, 0.25) is 5.75 Å². The molecule has 2 rings (SSSR count). The molecule has 0 atom stereocenters. The third kappa shape index (κ3) is 3.56. The summed E-state index contributed by atoms with van der Waals surface area (Å²) >= 11 is 0. The number of methoxy groups -OCH3 is 3. The summed E-state index contributed by atoms with van der Waals surface area (Å²) in [6.07, 6.45) is 0. The second-order valence-electron chi connectivity index (χ2n) is 5.05. The van der Waals surface area contributed by atoms with E-state index >= 15 is 0 Å². The van der Waals surface area contributed by atoms with Crippen molar-refractivity contribution in [2.45, 2.75) is 13.8 Å². The number of hydrogen-bond donors (Lipinski definition) is 0. The summed E-state index contributed by atoms with van der Waals surface area (Å²) in [6, 6.07) is 8.62. The number of aryl methyl sites for hydroxylation is 2. The van der Waals surface area contributed by atoms with Crippen molar-refractivity contribution in [1.82, 2.24) is 0 Å². The van der Waals surface area contributed by atoms with Crippen molar-refractivity contribution >= 4 is 5.97 Å². The number of carbonyl (C=O) groups is 1. The van der Waals surface area contributed by atoms with E-state index in [0.717, 1.165) is 11.1 Å². The second-order valence-corrected chi connectivity index (χ2v) is 5.05. The van der Waals surface area contributed by atoms with Crippen LogP contribution in [0.1, 0.15) is 21.5 Å². The molecule has 5 nitrogen and oxygen atoms in total. The molecule has 2 aromatic carbocycles. The van der Waals surface area contributed by atoms with Gasteiger partial charge in [0.15, 0.2) is 11.5 Å². The van der Waals surface area contributed by atoms with E-state index < -0.39 is 5.97 Å². The van der Waals surface area contributed by atoms with Crippen molar-refractivity contribution in [3.8, 4) is 23.0 Å². The van der Waals surface area contributed by atoms with E-state index in [1.54, 1.807) is 18.2 Å². The smallest absolute Gasteiger partial charge is 0.343 e. The summed E-state index contributed by atoms with van der Waals surface area (Å²) in [5, 5.41) is 0. The van der Waals surface area contributed by atoms with Gasteiger partial charge in [-0.3, -0.25) is 0 Å². The molecule has 0 amide bonds. The second kappa shape index (κ2) is 7.05. The number of ether oxygens (including phenoxy) is 4. The van der Waals surface area contributed by atoms with Crippen molar-refractivity contribution in [2.75, 3.05) is 21.3 Å². The van der Waals surface area contributed by atoms with Crippen LogP contribution in [0.25, 0.3) is 0 Å². The van der Waals surface area contributed by atoms with Gasteiger partial charge >= 0.3 is 5.97 Å². The maximum Gasteiger partial charge on any atom is 0.343 e. The van der Waals surface area contributed by atoms with Gasteiger partial charge in [0, 0.05) is 0 Å². The molecule has 0 heterocycles. The SMILES string of the molecule is COc1cc(C(=O)Oc2ccc(C)c(C)c2)cc(OC)c1OC. The molecule has 0 N–H and O–H groups in total. The first kappa shape index (κ1) is 16.7. The Morgan fingerprint density at radius 3 is 1.91 bits per heavy atom. The van der Waals surface area contributed by atoms with Gasteiger partial charge in [-0.05, 0) is 49.2 Å². The number of hydrogen-bond acceptors (Lipinski definition) is 5. The summed E-state index contributed by atoms with van der Waals surface area (Å²) in [7, 11) is 4.50. The molecular formula is C18H20O5. The normalized spacial score (nSPS) is 10.1. The topological polar surface area (TPSA) is 54.0 Å². The van der Waals surface area contributed by atoms with E-state index in [-0.39, 0.29) is 0 Å². The minimum Gasteiger partial charge on any atom is -0.493 e. The van der Waals surface area contributed by atoms with Gasteiger partial charge < -0.3 is 18.9 Å². The maximum absolute atomic E-state index is 12.4. The van der Waals surface area contributed by atoms with Gasteiger partial charge in [0.25, 0.3) is 0 Å². The van der Waals surface area contributed by atoms with E-state index in [0.29, 0.717) is 28.6 Å². The van der Waals surface area contributed by atoms with Gasteiger partial charge in [-0.2, -0.15) is 0 Å². The van der Waals surface area contributed by atoms with E-state index in [2.05, 4.69) is 0 Å². The fourth-order valence-electron chi connectivity index (χ4n) is 2.14. The predicted molar refractivity (Wildman–Crippen MR) is 87.0 cm³/mol. The van der Waals surface area contributed by atoms with Crippen LogP contribution in [0, 0.1) is 13.8 Å².